The van der Waals surface area contributed by atoms with E-state index in [0.29, 0.717) is 24.7 Å². The van der Waals surface area contributed by atoms with Crippen LogP contribution >= 0.6 is 27.5 Å². The molecule has 4 aliphatic rings. The molecular weight excluding hydrogens is 498 g/mol. The van der Waals surface area contributed by atoms with E-state index in [1.165, 1.54) is 44.1 Å². The maximum atomic E-state index is 6.16. The van der Waals surface area contributed by atoms with Gasteiger partial charge in [0.05, 0.1) is 11.1 Å². The van der Waals surface area contributed by atoms with Gasteiger partial charge in [0, 0.05) is 17.6 Å². The molecule has 0 heterocycles. The second-order valence-electron chi connectivity index (χ2n) is 10.6. The lowest BCUT2D eigenvalue weighted by atomic mass is 9.48. The third-order valence-electron chi connectivity index (χ3n) is 8.28. The molecule has 2 aromatic carbocycles. The minimum atomic E-state index is 0.469. The summed E-state index contributed by atoms with van der Waals surface area (Å²) in [6, 6.07) is 12.6. The molecule has 0 amide bonds. The van der Waals surface area contributed by atoms with Gasteiger partial charge in [0.1, 0.15) is 6.61 Å². The summed E-state index contributed by atoms with van der Waals surface area (Å²) in [5.74, 6) is 4.49. The van der Waals surface area contributed by atoms with Gasteiger partial charge in [-0.3, -0.25) is 0 Å². The van der Waals surface area contributed by atoms with E-state index in [-0.39, 0.29) is 0 Å². The highest BCUT2D eigenvalue weighted by Crippen LogP contribution is 2.61. The number of nitrogens with one attached hydrogen (secondary N) is 1. The molecule has 4 bridgehead atoms. The second-order valence-corrected chi connectivity index (χ2v) is 11.9. The molecule has 0 radical (unpaired) electrons. The Labute approximate surface area is 211 Å². The van der Waals surface area contributed by atoms with Gasteiger partial charge in [0.2, 0.25) is 0 Å². The molecule has 5 heteroatoms. The summed E-state index contributed by atoms with van der Waals surface area (Å²) in [6.07, 6.45) is 8.77. The van der Waals surface area contributed by atoms with Crippen molar-refractivity contribution in [3.8, 4) is 11.5 Å². The van der Waals surface area contributed by atoms with E-state index in [0.717, 1.165) is 50.9 Å². The fourth-order valence-corrected chi connectivity index (χ4v) is 7.79. The monoisotopic (exact) mass is 531 g/mol. The van der Waals surface area contributed by atoms with Crippen molar-refractivity contribution in [1.29, 1.82) is 0 Å². The van der Waals surface area contributed by atoms with Crippen molar-refractivity contribution in [3.05, 3.63) is 57.0 Å². The summed E-state index contributed by atoms with van der Waals surface area (Å²) < 4.78 is 13.1. The molecule has 6 rings (SSSR count). The summed E-state index contributed by atoms with van der Waals surface area (Å²) in [5, 5.41) is 4.64. The molecule has 0 unspecified atom stereocenters. The molecule has 4 saturated carbocycles. The molecule has 0 aromatic heterocycles. The average molecular weight is 533 g/mol. The average Bonchev–Trinajstić information content (AvgIpc) is 2.77. The van der Waals surface area contributed by atoms with E-state index >= 15 is 0 Å². The van der Waals surface area contributed by atoms with Crippen LogP contribution in [0.25, 0.3) is 0 Å². The smallest absolute Gasteiger partial charge is 0.175 e. The molecule has 178 valence electrons. The summed E-state index contributed by atoms with van der Waals surface area (Å²) in [6.45, 7) is 6.35. The van der Waals surface area contributed by atoms with E-state index in [9.17, 15) is 0 Å². The molecule has 2 aromatic rings. The van der Waals surface area contributed by atoms with Crippen molar-refractivity contribution in [3.63, 3.8) is 0 Å². The normalized spacial score (nSPS) is 28.7. The first-order valence-electron chi connectivity index (χ1n) is 12.5. The van der Waals surface area contributed by atoms with Crippen LogP contribution in [-0.2, 0) is 13.2 Å². The molecule has 0 aliphatic heterocycles. The first-order chi connectivity index (χ1) is 15.9. The van der Waals surface area contributed by atoms with Crippen LogP contribution in [0.1, 0.15) is 63.5 Å². The van der Waals surface area contributed by atoms with E-state index in [1.807, 2.05) is 31.2 Å². The molecular formula is C28H35BrClNO2. The van der Waals surface area contributed by atoms with Crippen molar-refractivity contribution in [1.82, 2.24) is 5.32 Å². The predicted molar refractivity (Wildman–Crippen MR) is 138 cm³/mol. The number of halogens is 2. The summed E-state index contributed by atoms with van der Waals surface area (Å²) in [4.78, 5) is 0. The molecule has 0 saturated heterocycles. The van der Waals surface area contributed by atoms with Crippen LogP contribution in [-0.4, -0.2) is 12.6 Å². The number of ether oxygens (including phenoxy) is 2. The fourth-order valence-electron chi connectivity index (χ4n) is 7.06. The highest BCUT2D eigenvalue weighted by Gasteiger charge is 2.52. The quantitative estimate of drug-likeness (QED) is 0.358. The van der Waals surface area contributed by atoms with Gasteiger partial charge in [0.25, 0.3) is 0 Å². The molecule has 3 nitrogen and oxygen atoms in total. The van der Waals surface area contributed by atoms with Crippen LogP contribution in [0.5, 0.6) is 11.5 Å². The van der Waals surface area contributed by atoms with Gasteiger partial charge >= 0.3 is 0 Å². The van der Waals surface area contributed by atoms with Gasteiger partial charge in [0.15, 0.2) is 11.5 Å². The highest BCUT2D eigenvalue weighted by molar-refractivity contribution is 9.10. The molecule has 1 N–H and O–H groups in total. The Hall–Kier alpha value is -1.23. The third-order valence-corrected chi connectivity index (χ3v) is 9.12. The first-order valence-corrected chi connectivity index (χ1v) is 13.7. The highest BCUT2D eigenvalue weighted by atomic mass is 79.9. The van der Waals surface area contributed by atoms with Gasteiger partial charge in [-0.15, -0.1) is 0 Å². The molecule has 1 atom stereocenters. The van der Waals surface area contributed by atoms with Crippen LogP contribution in [0, 0.1) is 23.2 Å². The second kappa shape index (κ2) is 9.79. The van der Waals surface area contributed by atoms with Crippen molar-refractivity contribution in [2.24, 2.45) is 23.2 Å². The Bertz CT molecular complexity index is 941. The van der Waals surface area contributed by atoms with Crippen molar-refractivity contribution < 1.29 is 9.47 Å². The van der Waals surface area contributed by atoms with E-state index in [1.54, 1.807) is 0 Å². The largest absolute Gasteiger partial charge is 0.490 e. The van der Waals surface area contributed by atoms with Crippen LogP contribution < -0.4 is 14.8 Å². The minimum Gasteiger partial charge on any atom is -0.490 e. The van der Waals surface area contributed by atoms with Crippen LogP contribution in [0.2, 0.25) is 5.02 Å². The van der Waals surface area contributed by atoms with Crippen molar-refractivity contribution >= 4 is 27.5 Å². The third kappa shape index (κ3) is 5.09. The Kier molecular flexibility index (Phi) is 6.98. The Morgan fingerprint density at radius 3 is 2.24 bits per heavy atom. The first kappa shape index (κ1) is 23.5. The van der Waals surface area contributed by atoms with Crippen molar-refractivity contribution in [2.75, 3.05) is 6.61 Å². The van der Waals surface area contributed by atoms with Gasteiger partial charge < -0.3 is 14.8 Å². The zero-order chi connectivity index (χ0) is 23.0. The van der Waals surface area contributed by atoms with Crippen molar-refractivity contribution in [2.45, 2.75) is 71.6 Å². The maximum absolute atomic E-state index is 6.16. The Morgan fingerprint density at radius 1 is 1.00 bits per heavy atom. The molecule has 4 fully saturated rings. The van der Waals surface area contributed by atoms with Gasteiger partial charge in [-0.1, -0.05) is 23.7 Å². The van der Waals surface area contributed by atoms with Gasteiger partial charge in [-0.05, 0) is 127 Å². The zero-order valence-corrected chi connectivity index (χ0v) is 22.1. The number of hydrogen-bond acceptors (Lipinski definition) is 3. The number of rotatable bonds is 9. The van der Waals surface area contributed by atoms with Gasteiger partial charge in [-0.25, -0.2) is 0 Å². The standard InChI is InChI=1S/C28H35BrClNO2/c1-3-32-26-12-23(11-25(29)27(26)33-17-19-4-6-24(30)7-5-19)16-31-18(2)28-13-20-8-21(14-28)10-22(9-20)15-28/h4-7,11-12,18,20-22,31H,3,8-10,13-17H2,1-2H3/t18-,20?,21?,22?,28?/m1/s1. The maximum Gasteiger partial charge on any atom is 0.175 e. The lowest BCUT2D eigenvalue weighted by Gasteiger charge is -2.59. The lowest BCUT2D eigenvalue weighted by molar-refractivity contribution is -0.0706. The number of hydrogen-bond donors (Lipinski definition) is 1. The Morgan fingerprint density at radius 2 is 1.64 bits per heavy atom. The topological polar surface area (TPSA) is 30.5 Å². The fraction of sp³-hybridized carbons (Fsp3) is 0.571. The van der Waals surface area contributed by atoms with E-state index in [4.69, 9.17) is 21.1 Å². The SMILES string of the molecule is CCOc1cc(CN[C@H](C)C23CC4CC(CC(C4)C2)C3)cc(Br)c1OCc1ccc(Cl)cc1. The zero-order valence-electron chi connectivity index (χ0n) is 19.7. The van der Waals surface area contributed by atoms with Crippen LogP contribution in [0.3, 0.4) is 0 Å². The Balaban J connectivity index is 1.26. The lowest BCUT2D eigenvalue weighted by Crippen LogP contribution is -2.54. The number of benzene rings is 2. The minimum absolute atomic E-state index is 0.469. The van der Waals surface area contributed by atoms with E-state index < -0.39 is 0 Å². The van der Waals surface area contributed by atoms with Gasteiger partial charge in [-0.2, -0.15) is 0 Å². The molecule has 0 spiro atoms. The van der Waals surface area contributed by atoms with Crippen LogP contribution in [0.4, 0.5) is 0 Å². The van der Waals surface area contributed by atoms with E-state index in [2.05, 4.69) is 40.3 Å². The summed E-state index contributed by atoms with van der Waals surface area (Å²) in [5.41, 5.74) is 2.81. The molecule has 33 heavy (non-hydrogen) atoms. The summed E-state index contributed by atoms with van der Waals surface area (Å²) >= 11 is 9.74. The van der Waals surface area contributed by atoms with Crippen LogP contribution in [0.15, 0.2) is 40.9 Å². The molecule has 4 aliphatic carbocycles. The summed E-state index contributed by atoms with van der Waals surface area (Å²) in [7, 11) is 0. The predicted octanol–water partition coefficient (Wildman–Crippen LogP) is 7.77.